The first kappa shape index (κ1) is 21.0. The Labute approximate surface area is 174 Å². The highest BCUT2D eigenvalue weighted by Crippen LogP contribution is 2.38. The van der Waals surface area contributed by atoms with Crippen molar-refractivity contribution in [2.24, 2.45) is 5.16 Å². The molecule has 2 aliphatic heterocycles. The molecule has 2 heterocycles. The van der Waals surface area contributed by atoms with Crippen LogP contribution in [0.4, 0.5) is 8.78 Å². The molecule has 3 fully saturated rings. The van der Waals surface area contributed by atoms with E-state index in [9.17, 15) is 18.4 Å². The van der Waals surface area contributed by atoms with E-state index in [1.165, 1.54) is 12.8 Å². The summed E-state index contributed by atoms with van der Waals surface area (Å²) in [4.78, 5) is 33.3. The summed E-state index contributed by atoms with van der Waals surface area (Å²) in [5, 5.41) is 18.0. The lowest BCUT2D eigenvalue weighted by Crippen LogP contribution is -2.54. The Morgan fingerprint density at radius 2 is 2.13 bits per heavy atom. The van der Waals surface area contributed by atoms with Crippen LogP contribution in [0.1, 0.15) is 58.3 Å². The Morgan fingerprint density at radius 1 is 1.40 bits per heavy atom. The number of hydrogen-bond acceptors (Lipinski definition) is 6. The number of likely N-dealkylation sites (tertiary alicyclic amines) is 1. The van der Waals surface area contributed by atoms with Crippen molar-refractivity contribution in [3.63, 3.8) is 0 Å². The van der Waals surface area contributed by atoms with E-state index in [1.54, 1.807) is 0 Å². The molecule has 0 aromatic carbocycles. The smallest absolute Gasteiger partial charge is 0.269 e. The molecule has 30 heavy (non-hydrogen) atoms. The number of carbonyl (C=O) groups excluding carboxylic acids is 2. The van der Waals surface area contributed by atoms with E-state index in [4.69, 9.17) is 10.1 Å². The van der Waals surface area contributed by atoms with Crippen LogP contribution < -0.4 is 10.6 Å². The third kappa shape index (κ3) is 4.72. The lowest BCUT2D eigenvalue weighted by molar-refractivity contribution is -0.129. The van der Waals surface area contributed by atoms with Gasteiger partial charge in [-0.1, -0.05) is 5.16 Å². The van der Waals surface area contributed by atoms with Crippen molar-refractivity contribution < 1.29 is 23.2 Å². The van der Waals surface area contributed by atoms with Crippen LogP contribution in [0.15, 0.2) is 5.16 Å². The van der Waals surface area contributed by atoms with Gasteiger partial charge in [-0.05, 0) is 52.0 Å². The van der Waals surface area contributed by atoms with Gasteiger partial charge in [-0.3, -0.25) is 14.5 Å². The number of carbonyl (C=O) groups is 2. The molecule has 0 aromatic rings. The van der Waals surface area contributed by atoms with Gasteiger partial charge in [0.25, 0.3) is 5.91 Å². The van der Waals surface area contributed by atoms with Crippen LogP contribution >= 0.6 is 0 Å². The number of halogens is 2. The topological polar surface area (TPSA) is 107 Å². The molecule has 0 bridgehead atoms. The zero-order chi connectivity index (χ0) is 21.6. The number of nitrogens with one attached hydrogen (secondary N) is 2. The van der Waals surface area contributed by atoms with Crippen LogP contribution in [0, 0.1) is 11.3 Å². The molecule has 4 rings (SSSR count). The summed E-state index contributed by atoms with van der Waals surface area (Å²) in [5.41, 5.74) is -1.44. The standard InChI is InChI=1S/C20H27F2N5O3/c1-18(21,22)9-14(17(29)25-19(11-23)6-7-19)24-16(28)15-10-20(30-26-15)5-2-8-27(12-20)13-3-4-13/h13-14H,2-10,12H2,1H3,(H,24,28)(H,25,29)/t14-,20?/m0/s1. The van der Waals surface area contributed by atoms with Crippen molar-refractivity contribution >= 4 is 17.5 Å². The molecule has 0 radical (unpaired) electrons. The molecule has 8 nitrogen and oxygen atoms in total. The van der Waals surface area contributed by atoms with Gasteiger partial charge in [0.1, 0.15) is 17.3 Å². The zero-order valence-corrected chi connectivity index (χ0v) is 17.0. The maximum absolute atomic E-state index is 13.6. The van der Waals surface area contributed by atoms with E-state index in [-0.39, 0.29) is 5.71 Å². The van der Waals surface area contributed by atoms with Crippen LogP contribution in [0.3, 0.4) is 0 Å². The minimum atomic E-state index is -3.16. The van der Waals surface area contributed by atoms with Crippen molar-refractivity contribution in [3.05, 3.63) is 0 Å². The largest absolute Gasteiger partial charge is 0.387 e. The SMILES string of the molecule is CC(F)(F)C[C@H](NC(=O)C1=NOC2(CCCN(C3CC3)C2)C1)C(=O)NC1(C#N)CC1. The predicted octanol–water partition coefficient (Wildman–Crippen LogP) is 1.46. The fourth-order valence-corrected chi connectivity index (χ4v) is 4.27. The normalized spacial score (nSPS) is 28.8. The highest BCUT2D eigenvalue weighted by Gasteiger charge is 2.49. The summed E-state index contributed by atoms with van der Waals surface area (Å²) < 4.78 is 27.3. The fraction of sp³-hybridized carbons (Fsp3) is 0.800. The molecule has 4 aliphatic rings. The Morgan fingerprint density at radius 3 is 2.73 bits per heavy atom. The molecule has 2 saturated carbocycles. The summed E-state index contributed by atoms with van der Waals surface area (Å²) in [7, 11) is 0. The molecule has 2 amide bonds. The molecule has 2 aliphatic carbocycles. The lowest BCUT2D eigenvalue weighted by atomic mass is 9.88. The predicted molar refractivity (Wildman–Crippen MR) is 103 cm³/mol. The van der Waals surface area contributed by atoms with Gasteiger partial charge < -0.3 is 15.5 Å². The van der Waals surface area contributed by atoms with Crippen LogP contribution in [0.25, 0.3) is 0 Å². The monoisotopic (exact) mass is 423 g/mol. The molecule has 0 aromatic heterocycles. The number of nitrogens with zero attached hydrogens (tertiary/aromatic N) is 3. The maximum Gasteiger partial charge on any atom is 0.269 e. The molecule has 164 valence electrons. The van der Waals surface area contributed by atoms with E-state index in [1.807, 2.05) is 6.07 Å². The van der Waals surface area contributed by atoms with Crippen molar-refractivity contribution in [3.8, 4) is 6.07 Å². The molecular formula is C20H27F2N5O3. The minimum Gasteiger partial charge on any atom is -0.387 e. The fourth-order valence-electron chi connectivity index (χ4n) is 4.27. The Bertz CT molecular complexity index is 797. The van der Waals surface area contributed by atoms with Gasteiger partial charge in [0.05, 0.1) is 6.07 Å². The van der Waals surface area contributed by atoms with E-state index >= 15 is 0 Å². The summed E-state index contributed by atoms with van der Waals surface area (Å²) in [6.45, 7) is 2.39. The highest BCUT2D eigenvalue weighted by molar-refractivity contribution is 6.39. The third-order valence-corrected chi connectivity index (χ3v) is 6.24. The quantitative estimate of drug-likeness (QED) is 0.645. The second-order valence-corrected chi connectivity index (χ2v) is 9.28. The van der Waals surface area contributed by atoms with E-state index in [0.29, 0.717) is 38.8 Å². The van der Waals surface area contributed by atoms with Crippen molar-refractivity contribution in [1.29, 1.82) is 5.26 Å². The number of piperidine rings is 1. The van der Waals surface area contributed by atoms with E-state index in [2.05, 4.69) is 20.7 Å². The number of amides is 2. The van der Waals surface area contributed by atoms with Gasteiger partial charge >= 0.3 is 0 Å². The van der Waals surface area contributed by atoms with Crippen molar-refractivity contribution in [2.45, 2.75) is 87.4 Å². The molecule has 1 unspecified atom stereocenters. The van der Waals surface area contributed by atoms with Crippen molar-refractivity contribution in [2.75, 3.05) is 13.1 Å². The van der Waals surface area contributed by atoms with Gasteiger partial charge in [0.2, 0.25) is 11.8 Å². The number of hydrogen-bond donors (Lipinski definition) is 2. The molecule has 2 N–H and O–H groups in total. The van der Waals surface area contributed by atoms with Crippen LogP contribution in [0.5, 0.6) is 0 Å². The van der Waals surface area contributed by atoms with Gasteiger partial charge in [-0.2, -0.15) is 5.26 Å². The first-order chi connectivity index (χ1) is 14.1. The third-order valence-electron chi connectivity index (χ3n) is 6.24. The summed E-state index contributed by atoms with van der Waals surface area (Å²) in [5.74, 6) is -4.63. The highest BCUT2D eigenvalue weighted by atomic mass is 19.3. The second-order valence-electron chi connectivity index (χ2n) is 9.28. The second kappa shape index (κ2) is 7.45. The average Bonchev–Trinajstić information content (AvgIpc) is 3.60. The molecule has 10 heteroatoms. The molecular weight excluding hydrogens is 396 g/mol. The Hall–Kier alpha value is -2.28. The van der Waals surface area contributed by atoms with Gasteiger partial charge in [-0.15, -0.1) is 0 Å². The van der Waals surface area contributed by atoms with Gasteiger partial charge in [0.15, 0.2) is 5.60 Å². The number of oxime groups is 1. The number of rotatable bonds is 7. The van der Waals surface area contributed by atoms with Gasteiger partial charge in [-0.25, -0.2) is 8.78 Å². The van der Waals surface area contributed by atoms with Crippen LogP contribution in [0.2, 0.25) is 0 Å². The van der Waals surface area contributed by atoms with Crippen LogP contribution in [-0.4, -0.2) is 64.7 Å². The lowest BCUT2D eigenvalue weighted by Gasteiger charge is -2.38. The van der Waals surface area contributed by atoms with Crippen LogP contribution in [-0.2, 0) is 14.4 Å². The molecule has 1 spiro atoms. The summed E-state index contributed by atoms with van der Waals surface area (Å²) in [6, 6.07) is 1.11. The molecule has 1 saturated heterocycles. The Kier molecular flexibility index (Phi) is 5.21. The number of nitriles is 1. The van der Waals surface area contributed by atoms with E-state index in [0.717, 1.165) is 19.4 Å². The van der Waals surface area contributed by atoms with Crippen molar-refractivity contribution in [1.82, 2.24) is 15.5 Å². The first-order valence-corrected chi connectivity index (χ1v) is 10.5. The summed E-state index contributed by atoms with van der Waals surface area (Å²) >= 11 is 0. The molecule has 2 atom stereocenters. The van der Waals surface area contributed by atoms with Gasteiger partial charge in [0, 0.05) is 25.4 Å². The Balaban J connectivity index is 1.38. The first-order valence-electron chi connectivity index (χ1n) is 10.5. The summed E-state index contributed by atoms with van der Waals surface area (Å²) in [6.07, 6.45) is 4.45. The zero-order valence-electron chi connectivity index (χ0n) is 17.0. The maximum atomic E-state index is 13.6. The number of alkyl halides is 2. The van der Waals surface area contributed by atoms with E-state index < -0.39 is 41.3 Å². The average molecular weight is 423 g/mol. The minimum absolute atomic E-state index is 0.117.